The number of nitrogens with one attached hydrogen (secondary N) is 2. The number of hydrazine groups is 1. The molecule has 20 heavy (non-hydrogen) atoms. The van der Waals surface area contributed by atoms with Crippen LogP contribution >= 0.6 is 15.9 Å². The van der Waals surface area contributed by atoms with Crippen molar-refractivity contribution in [2.75, 3.05) is 10.7 Å². The highest BCUT2D eigenvalue weighted by Gasteiger charge is 2.14. The molecule has 0 bridgehead atoms. The first-order chi connectivity index (χ1) is 9.49. The number of amides is 1. The van der Waals surface area contributed by atoms with Crippen LogP contribution in [0, 0.1) is 13.8 Å². The van der Waals surface area contributed by atoms with Crippen molar-refractivity contribution < 1.29 is 4.79 Å². The monoisotopic (exact) mass is 336 g/mol. The maximum Gasteiger partial charge on any atom is 0.261 e. The molecule has 0 aliphatic heterocycles. The Kier molecular flexibility index (Phi) is 4.26. The predicted octanol–water partition coefficient (Wildman–Crippen LogP) is 1.79. The number of aromatic nitrogens is 3. The van der Waals surface area contributed by atoms with Crippen molar-refractivity contribution in [1.29, 1.82) is 0 Å². The summed E-state index contributed by atoms with van der Waals surface area (Å²) < 4.78 is 0.669. The smallest absolute Gasteiger partial charge is 0.261 e. The molecule has 104 valence electrons. The molecule has 8 heteroatoms. The van der Waals surface area contributed by atoms with Gasteiger partial charge < -0.3 is 5.43 Å². The largest absolute Gasteiger partial charge is 0.308 e. The predicted molar refractivity (Wildman–Crippen MR) is 79.2 cm³/mol. The summed E-state index contributed by atoms with van der Waals surface area (Å²) in [5.74, 6) is 5.47. The summed E-state index contributed by atoms with van der Waals surface area (Å²) in [6.45, 7) is 3.66. The van der Waals surface area contributed by atoms with E-state index in [1.54, 1.807) is 12.3 Å². The van der Waals surface area contributed by atoms with Crippen molar-refractivity contribution >= 4 is 33.6 Å². The first-order valence-corrected chi connectivity index (χ1v) is 6.54. The molecule has 0 fully saturated rings. The molecule has 1 amide bonds. The molecule has 4 N–H and O–H groups in total. The Morgan fingerprint density at radius 2 is 1.90 bits per heavy atom. The first-order valence-electron chi connectivity index (χ1n) is 5.75. The topological polar surface area (TPSA) is 106 Å². The molecule has 0 saturated carbocycles. The molecule has 2 heterocycles. The van der Waals surface area contributed by atoms with Crippen LogP contribution in [0.4, 0.5) is 11.8 Å². The average Bonchev–Trinajstić information content (AvgIpc) is 2.37. The number of nitrogens with zero attached hydrogens (tertiary/aromatic N) is 3. The van der Waals surface area contributed by atoms with E-state index in [0.717, 1.165) is 11.4 Å². The zero-order valence-corrected chi connectivity index (χ0v) is 12.5. The minimum atomic E-state index is -0.392. The van der Waals surface area contributed by atoms with Gasteiger partial charge in [-0.15, -0.1) is 0 Å². The summed E-state index contributed by atoms with van der Waals surface area (Å²) >= 11 is 3.26. The lowest BCUT2D eigenvalue weighted by atomic mass is 10.2. The van der Waals surface area contributed by atoms with Gasteiger partial charge in [-0.05, 0) is 41.9 Å². The second-order valence-electron chi connectivity index (χ2n) is 4.12. The highest BCUT2D eigenvalue weighted by Crippen LogP contribution is 2.18. The van der Waals surface area contributed by atoms with Crippen LogP contribution in [0.1, 0.15) is 21.7 Å². The fraction of sp³-hybridized carbons (Fsp3) is 0.167. The molecule has 0 saturated heterocycles. The van der Waals surface area contributed by atoms with E-state index in [-0.39, 0.29) is 11.8 Å². The van der Waals surface area contributed by atoms with Crippen LogP contribution in [0.3, 0.4) is 0 Å². The van der Waals surface area contributed by atoms with Crippen LogP contribution in [0.15, 0.2) is 22.8 Å². The number of aryl methyl sites for hydroxylation is 2. The lowest BCUT2D eigenvalue weighted by Crippen LogP contribution is -2.19. The minimum absolute atomic E-state index is 0.246. The summed E-state index contributed by atoms with van der Waals surface area (Å²) in [6, 6.07) is 3.43. The number of halogens is 1. The SMILES string of the molecule is Cc1cc(C)nc(NC(=O)c2cc(Br)cnc2NN)n1. The number of hydrogen-bond acceptors (Lipinski definition) is 6. The van der Waals surface area contributed by atoms with Crippen LogP contribution in [-0.2, 0) is 0 Å². The Morgan fingerprint density at radius 3 is 2.50 bits per heavy atom. The molecule has 0 radical (unpaired) electrons. The number of rotatable bonds is 3. The zero-order valence-electron chi connectivity index (χ0n) is 10.9. The Bertz CT molecular complexity index is 640. The van der Waals surface area contributed by atoms with Crippen molar-refractivity contribution in [3.05, 3.63) is 39.8 Å². The summed E-state index contributed by atoms with van der Waals surface area (Å²) in [5.41, 5.74) is 4.23. The summed E-state index contributed by atoms with van der Waals surface area (Å²) in [6.07, 6.45) is 1.54. The standard InChI is InChI=1S/C12H13BrN6O/c1-6-3-7(2)17-12(16-6)18-11(20)9-4-8(13)5-15-10(9)19-14/h3-5H,14H2,1-2H3,(H,15,19)(H,16,17,18,20). The maximum absolute atomic E-state index is 12.2. The van der Waals surface area contributed by atoms with Crippen LogP contribution in [0.5, 0.6) is 0 Å². The minimum Gasteiger partial charge on any atom is -0.308 e. The maximum atomic E-state index is 12.2. The Balaban J connectivity index is 2.30. The van der Waals surface area contributed by atoms with Crippen molar-refractivity contribution in [2.45, 2.75) is 13.8 Å². The number of nitrogen functional groups attached to an aromatic ring is 1. The normalized spacial score (nSPS) is 10.2. The molecular weight excluding hydrogens is 324 g/mol. The van der Waals surface area contributed by atoms with Gasteiger partial charge in [0.05, 0.1) is 5.56 Å². The zero-order chi connectivity index (χ0) is 14.7. The first kappa shape index (κ1) is 14.4. The second-order valence-corrected chi connectivity index (χ2v) is 5.04. The number of carbonyl (C=O) groups is 1. The van der Waals surface area contributed by atoms with E-state index in [0.29, 0.717) is 10.0 Å². The van der Waals surface area contributed by atoms with Gasteiger partial charge in [0.25, 0.3) is 5.91 Å². The molecule has 2 rings (SSSR count). The number of hydrogen-bond donors (Lipinski definition) is 3. The van der Waals surface area contributed by atoms with E-state index >= 15 is 0 Å². The average molecular weight is 337 g/mol. The van der Waals surface area contributed by atoms with E-state index < -0.39 is 5.91 Å². The van der Waals surface area contributed by atoms with Gasteiger partial charge >= 0.3 is 0 Å². The highest BCUT2D eigenvalue weighted by atomic mass is 79.9. The van der Waals surface area contributed by atoms with Gasteiger partial charge in [0.1, 0.15) is 0 Å². The summed E-state index contributed by atoms with van der Waals surface area (Å²) in [4.78, 5) is 24.5. The van der Waals surface area contributed by atoms with E-state index in [4.69, 9.17) is 5.84 Å². The van der Waals surface area contributed by atoms with Crippen LogP contribution < -0.4 is 16.6 Å². The molecule has 2 aromatic rings. The number of carbonyl (C=O) groups excluding carboxylic acids is 1. The molecule has 0 aliphatic carbocycles. The fourth-order valence-corrected chi connectivity index (χ4v) is 2.01. The molecule has 0 atom stereocenters. The van der Waals surface area contributed by atoms with Gasteiger partial charge in [-0.1, -0.05) is 0 Å². The molecule has 0 unspecified atom stereocenters. The van der Waals surface area contributed by atoms with E-state index in [2.05, 4.69) is 41.6 Å². The third-order valence-electron chi connectivity index (χ3n) is 2.44. The molecular formula is C12H13BrN6O. The second kappa shape index (κ2) is 5.93. The molecule has 0 spiro atoms. The Morgan fingerprint density at radius 1 is 1.25 bits per heavy atom. The van der Waals surface area contributed by atoms with Gasteiger partial charge in [-0.25, -0.2) is 20.8 Å². The molecule has 2 aromatic heterocycles. The van der Waals surface area contributed by atoms with Gasteiger partial charge in [-0.3, -0.25) is 10.1 Å². The van der Waals surface area contributed by atoms with Crippen LogP contribution in [0.2, 0.25) is 0 Å². The quantitative estimate of drug-likeness (QED) is 0.582. The van der Waals surface area contributed by atoms with Gasteiger partial charge in [0.15, 0.2) is 5.82 Å². The van der Waals surface area contributed by atoms with Crippen molar-refractivity contribution in [3.63, 3.8) is 0 Å². The lowest BCUT2D eigenvalue weighted by molar-refractivity contribution is 0.102. The van der Waals surface area contributed by atoms with E-state index in [1.165, 1.54) is 0 Å². The number of anilines is 2. The number of nitrogens with two attached hydrogens (primary N) is 1. The highest BCUT2D eigenvalue weighted by molar-refractivity contribution is 9.10. The fourth-order valence-electron chi connectivity index (χ4n) is 1.68. The summed E-state index contributed by atoms with van der Waals surface area (Å²) in [5, 5.41) is 2.62. The Hall–Kier alpha value is -2.06. The number of pyridine rings is 1. The van der Waals surface area contributed by atoms with E-state index in [9.17, 15) is 4.79 Å². The van der Waals surface area contributed by atoms with Crippen LogP contribution in [-0.4, -0.2) is 20.9 Å². The third kappa shape index (κ3) is 3.28. The molecule has 0 aromatic carbocycles. The third-order valence-corrected chi connectivity index (χ3v) is 2.88. The molecule has 0 aliphatic rings. The van der Waals surface area contributed by atoms with Gasteiger partial charge in [-0.2, -0.15) is 0 Å². The van der Waals surface area contributed by atoms with Crippen LogP contribution in [0.25, 0.3) is 0 Å². The van der Waals surface area contributed by atoms with Gasteiger partial charge in [0.2, 0.25) is 5.95 Å². The van der Waals surface area contributed by atoms with E-state index in [1.807, 2.05) is 19.9 Å². The van der Waals surface area contributed by atoms with Crippen molar-refractivity contribution in [3.8, 4) is 0 Å². The Labute approximate surface area is 124 Å². The van der Waals surface area contributed by atoms with Gasteiger partial charge in [0, 0.05) is 22.1 Å². The van der Waals surface area contributed by atoms with Crippen molar-refractivity contribution in [1.82, 2.24) is 15.0 Å². The van der Waals surface area contributed by atoms with Crippen molar-refractivity contribution in [2.24, 2.45) is 5.84 Å². The molecule has 7 nitrogen and oxygen atoms in total. The lowest BCUT2D eigenvalue weighted by Gasteiger charge is -2.09. The summed E-state index contributed by atoms with van der Waals surface area (Å²) in [7, 11) is 0.